The molecular formula is C24H28N4O2. The molecule has 1 saturated heterocycles. The van der Waals surface area contributed by atoms with E-state index in [0.717, 1.165) is 48.1 Å². The Kier molecular flexibility index (Phi) is 6.14. The lowest BCUT2D eigenvalue weighted by atomic mass is 10.0. The summed E-state index contributed by atoms with van der Waals surface area (Å²) in [4.78, 5) is 27.0. The molecule has 30 heavy (non-hydrogen) atoms. The fourth-order valence-electron chi connectivity index (χ4n) is 4.18. The van der Waals surface area contributed by atoms with Crippen LogP contribution < -0.4 is 10.6 Å². The number of carbonyl (C=O) groups excluding carboxylic acids is 2. The van der Waals surface area contributed by atoms with Crippen molar-refractivity contribution in [1.82, 2.24) is 14.8 Å². The number of likely N-dealkylation sites (tertiary alicyclic amines) is 1. The van der Waals surface area contributed by atoms with Crippen molar-refractivity contribution in [1.29, 1.82) is 0 Å². The van der Waals surface area contributed by atoms with Crippen LogP contribution in [0.2, 0.25) is 0 Å². The summed E-state index contributed by atoms with van der Waals surface area (Å²) in [5.74, 6) is 0.0614. The standard InChI is InChI=1S/C24H28N4O2/c1-27-16-18(21-9-5-6-10-22(21)27)15-23(29)25-20-11-13-28(14-12-20)17-24(30)26-19-7-3-2-4-8-19/h2-10,16,20H,11-15,17H2,1H3,(H,25,29)(H,26,30). The number of fused-ring (bicyclic) bond motifs is 1. The average Bonchev–Trinajstić information content (AvgIpc) is 3.06. The summed E-state index contributed by atoms with van der Waals surface area (Å²) in [5.41, 5.74) is 3.01. The van der Waals surface area contributed by atoms with Gasteiger partial charge in [0.2, 0.25) is 11.8 Å². The average molecular weight is 405 g/mol. The van der Waals surface area contributed by atoms with Crippen molar-refractivity contribution in [3.8, 4) is 0 Å². The highest BCUT2D eigenvalue weighted by atomic mass is 16.2. The Morgan fingerprint density at radius 2 is 1.67 bits per heavy atom. The summed E-state index contributed by atoms with van der Waals surface area (Å²) < 4.78 is 2.07. The number of piperidine rings is 1. The first kappa shape index (κ1) is 20.2. The molecule has 2 N–H and O–H groups in total. The molecule has 2 amide bonds. The lowest BCUT2D eigenvalue weighted by Crippen LogP contribution is -2.46. The highest BCUT2D eigenvalue weighted by molar-refractivity contribution is 5.92. The monoisotopic (exact) mass is 404 g/mol. The van der Waals surface area contributed by atoms with Gasteiger partial charge in [0.05, 0.1) is 13.0 Å². The van der Waals surface area contributed by atoms with Crippen LogP contribution in [0.5, 0.6) is 0 Å². The van der Waals surface area contributed by atoms with Gasteiger partial charge in [0, 0.05) is 49.0 Å². The number of anilines is 1. The van der Waals surface area contributed by atoms with Crippen LogP contribution in [0.1, 0.15) is 18.4 Å². The molecule has 1 aliphatic heterocycles. The number of hydrogen-bond acceptors (Lipinski definition) is 3. The molecule has 4 rings (SSSR count). The SMILES string of the molecule is Cn1cc(CC(=O)NC2CCN(CC(=O)Nc3ccccc3)CC2)c2ccccc21. The highest BCUT2D eigenvalue weighted by Crippen LogP contribution is 2.21. The molecule has 0 saturated carbocycles. The van der Waals surface area contributed by atoms with Gasteiger partial charge in [-0.3, -0.25) is 14.5 Å². The Morgan fingerprint density at radius 1 is 0.967 bits per heavy atom. The summed E-state index contributed by atoms with van der Waals surface area (Å²) in [6.45, 7) is 1.99. The second kappa shape index (κ2) is 9.13. The smallest absolute Gasteiger partial charge is 0.238 e. The largest absolute Gasteiger partial charge is 0.353 e. The highest BCUT2D eigenvalue weighted by Gasteiger charge is 2.22. The minimum absolute atomic E-state index is 0.000332. The van der Waals surface area contributed by atoms with Crippen molar-refractivity contribution in [3.05, 3.63) is 66.4 Å². The number of rotatable bonds is 6. The van der Waals surface area contributed by atoms with Crippen LogP contribution in [0.15, 0.2) is 60.8 Å². The second-order valence-electron chi connectivity index (χ2n) is 7.99. The summed E-state index contributed by atoms with van der Waals surface area (Å²) in [6.07, 6.45) is 4.15. The molecule has 0 bridgehead atoms. The number of para-hydroxylation sites is 2. The van der Waals surface area contributed by atoms with Gasteiger partial charge in [-0.25, -0.2) is 0 Å². The van der Waals surface area contributed by atoms with Crippen molar-refractivity contribution >= 4 is 28.4 Å². The molecule has 0 atom stereocenters. The van der Waals surface area contributed by atoms with E-state index in [4.69, 9.17) is 0 Å². The van der Waals surface area contributed by atoms with Gasteiger partial charge in [0.25, 0.3) is 0 Å². The first-order valence-electron chi connectivity index (χ1n) is 10.5. The molecule has 2 heterocycles. The van der Waals surface area contributed by atoms with E-state index >= 15 is 0 Å². The van der Waals surface area contributed by atoms with Crippen LogP contribution in [0.4, 0.5) is 5.69 Å². The van der Waals surface area contributed by atoms with Gasteiger partial charge in [-0.15, -0.1) is 0 Å². The van der Waals surface area contributed by atoms with Gasteiger partial charge in [-0.1, -0.05) is 36.4 Å². The molecule has 0 radical (unpaired) electrons. The summed E-state index contributed by atoms with van der Waals surface area (Å²) >= 11 is 0. The molecule has 3 aromatic rings. The molecule has 0 aliphatic carbocycles. The van der Waals surface area contributed by atoms with Crippen LogP contribution in [-0.4, -0.2) is 47.0 Å². The van der Waals surface area contributed by atoms with Crippen molar-refractivity contribution in [2.45, 2.75) is 25.3 Å². The number of amides is 2. The van der Waals surface area contributed by atoms with Gasteiger partial charge in [0.1, 0.15) is 0 Å². The Morgan fingerprint density at radius 3 is 2.43 bits per heavy atom. The van der Waals surface area contributed by atoms with E-state index in [1.165, 1.54) is 0 Å². The molecule has 1 fully saturated rings. The molecule has 6 nitrogen and oxygen atoms in total. The quantitative estimate of drug-likeness (QED) is 0.664. The molecule has 2 aromatic carbocycles. The Hall–Kier alpha value is -3.12. The van der Waals surface area contributed by atoms with E-state index in [-0.39, 0.29) is 17.9 Å². The lowest BCUT2D eigenvalue weighted by molar-refractivity contribution is -0.122. The van der Waals surface area contributed by atoms with E-state index in [0.29, 0.717) is 13.0 Å². The van der Waals surface area contributed by atoms with Crippen LogP contribution in [0.25, 0.3) is 10.9 Å². The predicted molar refractivity (Wildman–Crippen MR) is 119 cm³/mol. The molecule has 1 aromatic heterocycles. The minimum Gasteiger partial charge on any atom is -0.353 e. The maximum Gasteiger partial charge on any atom is 0.238 e. The van der Waals surface area contributed by atoms with Gasteiger partial charge < -0.3 is 15.2 Å². The van der Waals surface area contributed by atoms with Crippen LogP contribution in [0.3, 0.4) is 0 Å². The molecule has 0 spiro atoms. The fourth-order valence-corrected chi connectivity index (χ4v) is 4.18. The summed E-state index contributed by atoms with van der Waals surface area (Å²) in [5, 5.41) is 7.24. The number of carbonyl (C=O) groups is 2. The first-order valence-corrected chi connectivity index (χ1v) is 10.5. The van der Waals surface area contributed by atoms with Gasteiger partial charge >= 0.3 is 0 Å². The number of aryl methyl sites for hydroxylation is 1. The van der Waals surface area contributed by atoms with Gasteiger partial charge in [0.15, 0.2) is 0 Å². The third-order valence-corrected chi connectivity index (χ3v) is 5.71. The molecule has 6 heteroatoms. The minimum atomic E-state index is -0.000332. The van der Waals surface area contributed by atoms with E-state index in [1.807, 2.05) is 55.7 Å². The number of nitrogens with one attached hydrogen (secondary N) is 2. The normalized spacial score (nSPS) is 15.2. The topological polar surface area (TPSA) is 66.4 Å². The third-order valence-electron chi connectivity index (χ3n) is 5.71. The number of hydrogen-bond donors (Lipinski definition) is 2. The van der Waals surface area contributed by atoms with E-state index in [2.05, 4.69) is 32.2 Å². The van der Waals surface area contributed by atoms with Crippen molar-refractivity contribution in [3.63, 3.8) is 0 Å². The zero-order chi connectivity index (χ0) is 20.9. The summed E-state index contributed by atoms with van der Waals surface area (Å²) in [7, 11) is 2.01. The third kappa shape index (κ3) is 4.89. The molecule has 1 aliphatic rings. The molecule has 156 valence electrons. The first-order chi connectivity index (χ1) is 14.6. The van der Waals surface area contributed by atoms with E-state index < -0.39 is 0 Å². The van der Waals surface area contributed by atoms with Crippen LogP contribution >= 0.6 is 0 Å². The van der Waals surface area contributed by atoms with Crippen LogP contribution in [0, 0.1) is 0 Å². The van der Waals surface area contributed by atoms with Crippen LogP contribution in [-0.2, 0) is 23.1 Å². The molecule has 0 unspecified atom stereocenters. The number of aromatic nitrogens is 1. The number of nitrogens with zero attached hydrogens (tertiary/aromatic N) is 2. The Balaban J connectivity index is 1.23. The van der Waals surface area contributed by atoms with Crippen molar-refractivity contribution in [2.75, 3.05) is 25.0 Å². The van der Waals surface area contributed by atoms with Gasteiger partial charge in [-0.2, -0.15) is 0 Å². The maximum atomic E-state index is 12.6. The van der Waals surface area contributed by atoms with E-state index in [9.17, 15) is 9.59 Å². The Labute approximate surface area is 176 Å². The summed E-state index contributed by atoms with van der Waals surface area (Å²) in [6, 6.07) is 17.8. The zero-order valence-corrected chi connectivity index (χ0v) is 17.3. The predicted octanol–water partition coefficient (Wildman–Crippen LogP) is 2.94. The maximum absolute atomic E-state index is 12.6. The zero-order valence-electron chi connectivity index (χ0n) is 17.3. The van der Waals surface area contributed by atoms with Gasteiger partial charge in [-0.05, 0) is 36.6 Å². The molecular weight excluding hydrogens is 376 g/mol. The van der Waals surface area contributed by atoms with Crippen molar-refractivity contribution in [2.24, 2.45) is 7.05 Å². The van der Waals surface area contributed by atoms with E-state index in [1.54, 1.807) is 0 Å². The van der Waals surface area contributed by atoms with Crippen molar-refractivity contribution < 1.29 is 9.59 Å². The fraction of sp³-hybridized carbons (Fsp3) is 0.333. The number of benzene rings is 2. The lowest BCUT2D eigenvalue weighted by Gasteiger charge is -2.31. The Bertz CT molecular complexity index is 1020. The second-order valence-corrected chi connectivity index (χ2v) is 7.99.